The fraction of sp³-hybridized carbons (Fsp3) is 0.409. The molecule has 0 atom stereocenters. The topological polar surface area (TPSA) is 48.9 Å². The molecule has 2 aliphatic rings. The highest BCUT2D eigenvalue weighted by atomic mass is 35.5. The smallest absolute Gasteiger partial charge is 0.130 e. The number of methoxy groups -OCH3 is 1. The maximum Gasteiger partial charge on any atom is 0.130 e. The Bertz CT molecular complexity index is 828. The number of fused-ring (bicyclic) bond motifs is 1. The summed E-state index contributed by atoms with van der Waals surface area (Å²) in [5.41, 5.74) is 2.68. The van der Waals surface area contributed by atoms with Gasteiger partial charge in [0.2, 0.25) is 0 Å². The first-order chi connectivity index (χ1) is 14.0. The fourth-order valence-corrected chi connectivity index (χ4v) is 4.22. The molecule has 0 radical (unpaired) electrons. The number of nitrogens with one attached hydrogen (secondary N) is 2. The molecule has 2 N–H and O–H groups in total. The number of hydrogen-bond donors (Lipinski definition) is 2. The Morgan fingerprint density at radius 1 is 1.28 bits per heavy atom. The molecule has 29 heavy (non-hydrogen) atoms. The molecule has 7 heteroatoms. The summed E-state index contributed by atoms with van der Waals surface area (Å²) in [5, 5.41) is 8.26. The Labute approximate surface area is 183 Å². The molecule has 0 saturated carbocycles. The van der Waals surface area contributed by atoms with Gasteiger partial charge in [-0.3, -0.25) is 4.99 Å². The summed E-state index contributed by atoms with van der Waals surface area (Å²) in [6, 6.07) is 3.81. The van der Waals surface area contributed by atoms with Crippen molar-refractivity contribution in [3.05, 3.63) is 59.1 Å². The van der Waals surface area contributed by atoms with E-state index < -0.39 is 0 Å². The Hall–Kier alpha value is -1.79. The average Bonchev–Trinajstić information content (AvgIpc) is 2.72. The molecule has 1 aromatic rings. The molecule has 0 aliphatic carbocycles. The van der Waals surface area contributed by atoms with Gasteiger partial charge in [-0.2, -0.15) is 0 Å². The van der Waals surface area contributed by atoms with Gasteiger partial charge in [-0.1, -0.05) is 54.6 Å². The third kappa shape index (κ3) is 4.69. The number of halogens is 2. The summed E-state index contributed by atoms with van der Waals surface area (Å²) in [4.78, 5) is 7.29. The van der Waals surface area contributed by atoms with Crippen LogP contribution in [0.4, 0.5) is 11.4 Å². The van der Waals surface area contributed by atoms with Crippen LogP contribution in [0.25, 0.3) is 0 Å². The third-order valence-electron chi connectivity index (χ3n) is 5.37. The molecular formula is C22H28Cl2N4O. The van der Waals surface area contributed by atoms with E-state index in [0.717, 1.165) is 48.7 Å². The largest absolute Gasteiger partial charge is 0.383 e. The maximum atomic E-state index is 6.36. The molecule has 156 valence electrons. The van der Waals surface area contributed by atoms with Crippen LogP contribution in [-0.4, -0.2) is 51.3 Å². The molecule has 0 amide bonds. The van der Waals surface area contributed by atoms with Gasteiger partial charge in [0, 0.05) is 13.7 Å². The standard InChI is InChI=1S/C22H28Cl2N4O/c1-4-6-16(5-2)15-26-21-22(7-9-25-10-8-22)27-19-13-17(23)18(24)14-20(19)28(21)11-12-29-3/h4-6,13-14,25,27H,1-2,7-12,15H2,3H3/b16-6+,26-21?. The van der Waals surface area contributed by atoms with E-state index in [0.29, 0.717) is 29.7 Å². The van der Waals surface area contributed by atoms with Crippen molar-refractivity contribution in [1.82, 2.24) is 5.32 Å². The fourth-order valence-electron chi connectivity index (χ4n) is 3.90. The van der Waals surface area contributed by atoms with Gasteiger partial charge in [-0.05, 0) is 43.6 Å². The van der Waals surface area contributed by atoms with Crippen molar-refractivity contribution in [2.75, 3.05) is 50.1 Å². The van der Waals surface area contributed by atoms with Crippen LogP contribution in [0.3, 0.4) is 0 Å². The minimum atomic E-state index is -0.274. The number of hydrogen-bond acceptors (Lipinski definition) is 4. The van der Waals surface area contributed by atoms with Crippen LogP contribution in [0.15, 0.2) is 54.1 Å². The molecular weight excluding hydrogens is 407 g/mol. The zero-order chi connectivity index (χ0) is 20.9. The molecule has 1 saturated heterocycles. The Morgan fingerprint density at radius 2 is 2.00 bits per heavy atom. The number of piperidine rings is 1. The van der Waals surface area contributed by atoms with E-state index in [-0.39, 0.29) is 5.54 Å². The molecule has 1 aromatic carbocycles. The van der Waals surface area contributed by atoms with Crippen LogP contribution in [0.2, 0.25) is 10.0 Å². The van der Waals surface area contributed by atoms with Crippen LogP contribution < -0.4 is 15.5 Å². The summed E-state index contributed by atoms with van der Waals surface area (Å²) in [6.45, 7) is 11.3. The summed E-state index contributed by atoms with van der Waals surface area (Å²) in [7, 11) is 1.71. The summed E-state index contributed by atoms with van der Waals surface area (Å²) in [6.07, 6.45) is 7.36. The van der Waals surface area contributed by atoms with Crippen molar-refractivity contribution in [2.45, 2.75) is 18.4 Å². The lowest BCUT2D eigenvalue weighted by Gasteiger charge is -2.49. The molecule has 1 spiro atoms. The normalized spacial score (nSPS) is 19.8. The highest BCUT2D eigenvalue weighted by Gasteiger charge is 2.44. The van der Waals surface area contributed by atoms with Gasteiger partial charge < -0.3 is 20.3 Å². The van der Waals surface area contributed by atoms with Crippen LogP contribution in [-0.2, 0) is 4.74 Å². The number of allylic oxidation sites excluding steroid dienone is 2. The lowest BCUT2D eigenvalue weighted by molar-refractivity contribution is 0.207. The third-order valence-corrected chi connectivity index (χ3v) is 6.09. The van der Waals surface area contributed by atoms with Crippen LogP contribution in [0, 0.1) is 0 Å². The molecule has 2 aliphatic heterocycles. The number of amidine groups is 1. The van der Waals surface area contributed by atoms with Gasteiger partial charge in [0.25, 0.3) is 0 Å². The zero-order valence-electron chi connectivity index (χ0n) is 16.8. The zero-order valence-corrected chi connectivity index (χ0v) is 18.3. The van der Waals surface area contributed by atoms with Gasteiger partial charge >= 0.3 is 0 Å². The predicted molar refractivity (Wildman–Crippen MR) is 125 cm³/mol. The number of rotatable bonds is 7. The highest BCUT2D eigenvalue weighted by Crippen LogP contribution is 2.43. The second kappa shape index (κ2) is 9.81. The van der Waals surface area contributed by atoms with Gasteiger partial charge in [0.15, 0.2) is 0 Å². The molecule has 3 rings (SSSR count). The van der Waals surface area contributed by atoms with Crippen molar-refractivity contribution in [3.63, 3.8) is 0 Å². The van der Waals surface area contributed by atoms with Gasteiger partial charge in [-0.15, -0.1) is 0 Å². The first kappa shape index (κ1) is 21.9. The monoisotopic (exact) mass is 434 g/mol. The van der Waals surface area contributed by atoms with E-state index in [1.54, 1.807) is 13.2 Å². The minimum Gasteiger partial charge on any atom is -0.383 e. The lowest BCUT2D eigenvalue weighted by Crippen LogP contribution is -2.62. The summed E-state index contributed by atoms with van der Waals surface area (Å²) >= 11 is 12.7. The van der Waals surface area contributed by atoms with Crippen LogP contribution in [0.5, 0.6) is 0 Å². The number of ether oxygens (including phenoxy) is 1. The van der Waals surface area contributed by atoms with Gasteiger partial charge in [-0.25, -0.2) is 0 Å². The second-order valence-corrected chi connectivity index (χ2v) is 8.02. The van der Waals surface area contributed by atoms with E-state index in [1.807, 2.05) is 24.3 Å². The predicted octanol–water partition coefficient (Wildman–Crippen LogP) is 4.69. The molecule has 0 unspecified atom stereocenters. The van der Waals surface area contributed by atoms with Crippen LogP contribution >= 0.6 is 23.2 Å². The second-order valence-electron chi connectivity index (χ2n) is 7.21. The Morgan fingerprint density at radius 3 is 2.66 bits per heavy atom. The van der Waals surface area contributed by atoms with Crippen molar-refractivity contribution in [2.24, 2.45) is 4.99 Å². The van der Waals surface area contributed by atoms with Crippen molar-refractivity contribution in [3.8, 4) is 0 Å². The molecule has 0 aromatic heterocycles. The van der Waals surface area contributed by atoms with E-state index in [2.05, 4.69) is 28.7 Å². The summed E-state index contributed by atoms with van der Waals surface area (Å²) in [5.74, 6) is 0.999. The quantitative estimate of drug-likeness (QED) is 0.610. The average molecular weight is 435 g/mol. The van der Waals surface area contributed by atoms with Crippen molar-refractivity contribution in [1.29, 1.82) is 0 Å². The minimum absolute atomic E-state index is 0.274. The first-order valence-electron chi connectivity index (χ1n) is 9.78. The Balaban J connectivity index is 2.11. The van der Waals surface area contributed by atoms with E-state index in [9.17, 15) is 0 Å². The van der Waals surface area contributed by atoms with Gasteiger partial charge in [0.1, 0.15) is 5.84 Å². The van der Waals surface area contributed by atoms with Crippen molar-refractivity contribution < 1.29 is 4.74 Å². The molecule has 0 bridgehead atoms. The molecule has 1 fully saturated rings. The van der Waals surface area contributed by atoms with Crippen molar-refractivity contribution >= 4 is 40.4 Å². The number of aliphatic imine (C=N–C) groups is 1. The Kier molecular flexibility index (Phi) is 7.41. The van der Waals surface area contributed by atoms with E-state index >= 15 is 0 Å². The SMILES string of the molecule is C=C/C=C(\C=C)CN=C1N(CCOC)c2cc(Cl)c(Cl)cc2NC12CCNCC2. The van der Waals surface area contributed by atoms with E-state index in [4.69, 9.17) is 32.9 Å². The number of anilines is 2. The van der Waals surface area contributed by atoms with Crippen LogP contribution in [0.1, 0.15) is 12.8 Å². The summed E-state index contributed by atoms with van der Waals surface area (Å²) < 4.78 is 5.39. The number of benzene rings is 1. The van der Waals surface area contributed by atoms with E-state index in [1.165, 1.54) is 0 Å². The lowest BCUT2D eigenvalue weighted by atomic mass is 9.83. The molecule has 2 heterocycles. The van der Waals surface area contributed by atoms with Gasteiger partial charge in [0.05, 0.1) is 40.1 Å². The molecule has 5 nitrogen and oxygen atoms in total. The maximum absolute atomic E-state index is 6.36. The highest BCUT2D eigenvalue weighted by molar-refractivity contribution is 6.42. The number of nitrogens with zero attached hydrogens (tertiary/aromatic N) is 2. The first-order valence-corrected chi connectivity index (χ1v) is 10.5.